The summed E-state index contributed by atoms with van der Waals surface area (Å²) in [6, 6.07) is 5.92. The molecule has 2 aromatic rings. The van der Waals surface area contributed by atoms with E-state index in [-0.39, 0.29) is 0 Å². The Morgan fingerprint density at radius 2 is 2.30 bits per heavy atom. The fourth-order valence-electron chi connectivity index (χ4n) is 2.83. The SMILES string of the molecule is ClCCc1nc2c(Cl)cccc2n1CCC1CCCO1. The van der Waals surface area contributed by atoms with Crippen molar-refractivity contribution in [3.63, 3.8) is 0 Å². The fraction of sp³-hybridized carbons (Fsp3) is 0.533. The van der Waals surface area contributed by atoms with Crippen LogP contribution in [0.5, 0.6) is 0 Å². The van der Waals surface area contributed by atoms with Crippen LogP contribution in [-0.2, 0) is 17.7 Å². The zero-order chi connectivity index (χ0) is 13.9. The Hall–Kier alpha value is -0.770. The van der Waals surface area contributed by atoms with Crippen molar-refractivity contribution < 1.29 is 4.74 Å². The molecule has 0 saturated carbocycles. The Morgan fingerprint density at radius 1 is 1.40 bits per heavy atom. The van der Waals surface area contributed by atoms with E-state index >= 15 is 0 Å². The Balaban J connectivity index is 1.89. The van der Waals surface area contributed by atoms with Crippen LogP contribution in [0.2, 0.25) is 5.02 Å². The van der Waals surface area contributed by atoms with E-state index in [0.29, 0.717) is 17.0 Å². The molecule has 20 heavy (non-hydrogen) atoms. The summed E-state index contributed by atoms with van der Waals surface area (Å²) in [5.74, 6) is 1.59. The molecule has 1 aliphatic rings. The molecule has 0 N–H and O–H groups in total. The normalized spacial score (nSPS) is 19.0. The highest BCUT2D eigenvalue weighted by atomic mass is 35.5. The van der Waals surface area contributed by atoms with E-state index in [0.717, 1.165) is 49.3 Å². The van der Waals surface area contributed by atoms with Crippen molar-refractivity contribution in [3.05, 3.63) is 29.0 Å². The number of imidazole rings is 1. The average Bonchev–Trinajstić information content (AvgIpc) is 3.05. The van der Waals surface area contributed by atoms with Crippen LogP contribution in [0.25, 0.3) is 11.0 Å². The molecule has 108 valence electrons. The minimum absolute atomic E-state index is 0.385. The van der Waals surface area contributed by atoms with Crippen LogP contribution in [0.15, 0.2) is 18.2 Å². The molecule has 1 atom stereocenters. The second-order valence-corrected chi connectivity index (χ2v) is 5.94. The summed E-state index contributed by atoms with van der Waals surface area (Å²) in [6.45, 7) is 1.81. The minimum Gasteiger partial charge on any atom is -0.378 e. The first-order valence-corrected chi connectivity index (χ1v) is 8.02. The second-order valence-electron chi connectivity index (χ2n) is 5.15. The number of aryl methyl sites for hydroxylation is 2. The van der Waals surface area contributed by atoms with Gasteiger partial charge in [0.05, 0.1) is 16.6 Å². The smallest absolute Gasteiger partial charge is 0.111 e. The summed E-state index contributed by atoms with van der Waals surface area (Å²) in [5, 5.41) is 0.703. The number of halogens is 2. The van der Waals surface area contributed by atoms with E-state index in [9.17, 15) is 0 Å². The number of hydrogen-bond donors (Lipinski definition) is 0. The molecule has 1 unspecified atom stereocenters. The van der Waals surface area contributed by atoms with Gasteiger partial charge in [-0.25, -0.2) is 4.98 Å². The van der Waals surface area contributed by atoms with Gasteiger partial charge < -0.3 is 9.30 Å². The maximum atomic E-state index is 6.24. The Bertz CT molecular complexity index is 591. The van der Waals surface area contributed by atoms with E-state index in [2.05, 4.69) is 15.6 Å². The maximum absolute atomic E-state index is 6.24. The number of ether oxygens (including phenoxy) is 1. The Morgan fingerprint density at radius 3 is 3.05 bits per heavy atom. The van der Waals surface area contributed by atoms with E-state index in [1.165, 1.54) is 6.42 Å². The molecule has 0 spiro atoms. The molecule has 0 aliphatic carbocycles. The molecule has 1 fully saturated rings. The number of fused-ring (bicyclic) bond motifs is 1. The zero-order valence-electron chi connectivity index (χ0n) is 11.3. The molecule has 3 nitrogen and oxygen atoms in total. The van der Waals surface area contributed by atoms with Gasteiger partial charge in [0.15, 0.2) is 0 Å². The van der Waals surface area contributed by atoms with Crippen molar-refractivity contribution in [2.75, 3.05) is 12.5 Å². The first kappa shape index (κ1) is 14.2. The average molecular weight is 313 g/mol. The lowest BCUT2D eigenvalue weighted by Gasteiger charge is -2.12. The van der Waals surface area contributed by atoms with Gasteiger partial charge in [0.1, 0.15) is 11.3 Å². The second kappa shape index (κ2) is 6.33. The molecule has 1 saturated heterocycles. The van der Waals surface area contributed by atoms with E-state index in [4.69, 9.17) is 27.9 Å². The summed E-state index contributed by atoms with van der Waals surface area (Å²) in [7, 11) is 0. The lowest BCUT2D eigenvalue weighted by atomic mass is 10.2. The van der Waals surface area contributed by atoms with Crippen LogP contribution in [0.3, 0.4) is 0 Å². The van der Waals surface area contributed by atoms with E-state index in [1.54, 1.807) is 0 Å². The zero-order valence-corrected chi connectivity index (χ0v) is 12.8. The van der Waals surface area contributed by atoms with Crippen molar-refractivity contribution in [1.29, 1.82) is 0 Å². The number of rotatable bonds is 5. The van der Waals surface area contributed by atoms with Gasteiger partial charge in [-0.1, -0.05) is 17.7 Å². The van der Waals surface area contributed by atoms with Crippen molar-refractivity contribution in [1.82, 2.24) is 9.55 Å². The summed E-state index contributed by atoms with van der Waals surface area (Å²) in [6.07, 6.45) is 4.51. The standard InChI is InChI=1S/C15H18Cl2N2O/c16-8-6-14-18-15-12(17)4-1-5-13(15)19(14)9-7-11-3-2-10-20-11/h1,4-5,11H,2-3,6-10H2. The lowest BCUT2D eigenvalue weighted by molar-refractivity contribution is 0.100. The summed E-state index contributed by atoms with van der Waals surface area (Å²) in [4.78, 5) is 4.65. The quantitative estimate of drug-likeness (QED) is 0.779. The first-order valence-electron chi connectivity index (χ1n) is 7.11. The topological polar surface area (TPSA) is 27.1 Å². The van der Waals surface area contributed by atoms with Gasteiger partial charge in [-0.2, -0.15) is 0 Å². The molecule has 1 aromatic heterocycles. The largest absolute Gasteiger partial charge is 0.378 e. The fourth-order valence-corrected chi connectivity index (χ4v) is 3.21. The van der Waals surface area contributed by atoms with E-state index in [1.807, 2.05) is 12.1 Å². The van der Waals surface area contributed by atoms with Crippen LogP contribution in [0.4, 0.5) is 0 Å². The molecule has 3 rings (SSSR count). The number of alkyl halides is 1. The van der Waals surface area contributed by atoms with Gasteiger partial charge in [-0.15, -0.1) is 11.6 Å². The van der Waals surface area contributed by atoms with Crippen LogP contribution < -0.4 is 0 Å². The van der Waals surface area contributed by atoms with Gasteiger partial charge in [0.2, 0.25) is 0 Å². The number of hydrogen-bond acceptors (Lipinski definition) is 2. The van der Waals surface area contributed by atoms with Crippen molar-refractivity contribution in [2.45, 2.75) is 38.3 Å². The lowest BCUT2D eigenvalue weighted by Crippen LogP contribution is -2.12. The van der Waals surface area contributed by atoms with Gasteiger partial charge >= 0.3 is 0 Å². The molecule has 5 heteroatoms. The van der Waals surface area contributed by atoms with Crippen LogP contribution in [0.1, 0.15) is 25.1 Å². The van der Waals surface area contributed by atoms with Gasteiger partial charge in [-0.3, -0.25) is 0 Å². The predicted octanol–water partition coefficient (Wildman–Crippen LogP) is 4.04. The van der Waals surface area contributed by atoms with Crippen molar-refractivity contribution in [3.8, 4) is 0 Å². The highest BCUT2D eigenvalue weighted by molar-refractivity contribution is 6.34. The molecular formula is C15H18Cl2N2O. The molecule has 0 radical (unpaired) electrons. The summed E-state index contributed by atoms with van der Waals surface area (Å²) >= 11 is 12.1. The molecule has 1 aromatic carbocycles. The van der Waals surface area contributed by atoms with Crippen LogP contribution >= 0.6 is 23.2 Å². The monoisotopic (exact) mass is 312 g/mol. The number of para-hydroxylation sites is 1. The van der Waals surface area contributed by atoms with Gasteiger partial charge in [-0.05, 0) is 31.4 Å². The highest BCUT2D eigenvalue weighted by Gasteiger charge is 2.18. The predicted molar refractivity (Wildman–Crippen MR) is 82.8 cm³/mol. The third-order valence-corrected chi connectivity index (χ3v) is 4.32. The van der Waals surface area contributed by atoms with Crippen LogP contribution in [0, 0.1) is 0 Å². The van der Waals surface area contributed by atoms with Crippen molar-refractivity contribution >= 4 is 34.2 Å². The number of benzene rings is 1. The highest BCUT2D eigenvalue weighted by Crippen LogP contribution is 2.25. The van der Waals surface area contributed by atoms with Crippen LogP contribution in [-0.4, -0.2) is 28.1 Å². The third kappa shape index (κ3) is 2.80. The first-order chi connectivity index (χ1) is 9.79. The maximum Gasteiger partial charge on any atom is 0.111 e. The molecule has 0 bridgehead atoms. The third-order valence-electron chi connectivity index (χ3n) is 3.83. The summed E-state index contributed by atoms with van der Waals surface area (Å²) in [5.41, 5.74) is 1.97. The summed E-state index contributed by atoms with van der Waals surface area (Å²) < 4.78 is 7.94. The van der Waals surface area contributed by atoms with Crippen molar-refractivity contribution in [2.24, 2.45) is 0 Å². The minimum atomic E-state index is 0.385. The molecule has 1 aliphatic heterocycles. The number of nitrogens with zero attached hydrogens (tertiary/aromatic N) is 2. The molecular weight excluding hydrogens is 295 g/mol. The molecule has 0 amide bonds. The Kier molecular flexibility index (Phi) is 4.49. The van der Waals surface area contributed by atoms with E-state index < -0.39 is 0 Å². The molecule has 2 heterocycles. The Labute approximate surface area is 128 Å². The van der Waals surface area contributed by atoms with Gasteiger partial charge in [0.25, 0.3) is 0 Å². The van der Waals surface area contributed by atoms with Gasteiger partial charge in [0, 0.05) is 25.5 Å². The number of aromatic nitrogens is 2.